The lowest BCUT2D eigenvalue weighted by Crippen LogP contribution is -2.06. The molecule has 102 valence electrons. The molecule has 2 aromatic rings. The van der Waals surface area contributed by atoms with Gasteiger partial charge >= 0.3 is 0 Å². The molecular formula is C15H19BrN2O. The van der Waals surface area contributed by atoms with Crippen molar-refractivity contribution < 1.29 is 5.11 Å². The van der Waals surface area contributed by atoms with Gasteiger partial charge in [0.1, 0.15) is 0 Å². The van der Waals surface area contributed by atoms with E-state index < -0.39 is 0 Å². The summed E-state index contributed by atoms with van der Waals surface area (Å²) in [5.74, 6) is 0. The first-order valence-corrected chi connectivity index (χ1v) is 7.41. The van der Waals surface area contributed by atoms with Gasteiger partial charge in [-0.15, -0.1) is 0 Å². The molecular weight excluding hydrogens is 304 g/mol. The van der Waals surface area contributed by atoms with Gasteiger partial charge in [-0.05, 0) is 30.5 Å². The van der Waals surface area contributed by atoms with Crippen LogP contribution in [-0.2, 0) is 26.0 Å². The first kappa shape index (κ1) is 14.3. The smallest absolute Gasteiger partial charge is 0.0718 e. The molecule has 1 aromatic carbocycles. The molecule has 0 saturated carbocycles. The standard InChI is InChI=1S/C15H19BrN2O/c1-3-14-13(10-19)15(4-2)18(17-14)9-11-5-7-12(16)8-6-11/h5-8,19H,3-4,9-10H2,1-2H3. The molecule has 0 unspecified atom stereocenters. The number of aliphatic hydroxyl groups is 1. The molecule has 1 N–H and O–H groups in total. The summed E-state index contributed by atoms with van der Waals surface area (Å²) in [7, 11) is 0. The van der Waals surface area contributed by atoms with E-state index in [2.05, 4.69) is 47.0 Å². The first-order chi connectivity index (χ1) is 9.19. The summed E-state index contributed by atoms with van der Waals surface area (Å²) in [5, 5.41) is 14.2. The molecule has 0 radical (unpaired) electrons. The zero-order valence-electron chi connectivity index (χ0n) is 11.4. The molecule has 0 aliphatic heterocycles. The summed E-state index contributed by atoms with van der Waals surface area (Å²) in [6.07, 6.45) is 1.75. The third-order valence-corrected chi connectivity index (χ3v) is 3.85. The van der Waals surface area contributed by atoms with E-state index in [1.54, 1.807) is 0 Å². The second-order valence-corrected chi connectivity index (χ2v) is 5.44. The molecule has 19 heavy (non-hydrogen) atoms. The Hall–Kier alpha value is -1.13. The van der Waals surface area contributed by atoms with Crippen LogP contribution < -0.4 is 0 Å². The molecule has 0 aliphatic rings. The van der Waals surface area contributed by atoms with Crippen molar-refractivity contribution in [2.45, 2.75) is 39.8 Å². The van der Waals surface area contributed by atoms with Crippen LogP contribution in [0.15, 0.2) is 28.7 Å². The highest BCUT2D eigenvalue weighted by Gasteiger charge is 2.14. The highest BCUT2D eigenvalue weighted by Crippen LogP contribution is 2.18. The molecule has 0 amide bonds. The predicted octanol–water partition coefficient (Wildman–Crippen LogP) is 3.31. The van der Waals surface area contributed by atoms with Crippen molar-refractivity contribution >= 4 is 15.9 Å². The molecule has 0 saturated heterocycles. The molecule has 0 aliphatic carbocycles. The zero-order valence-corrected chi connectivity index (χ0v) is 12.9. The van der Waals surface area contributed by atoms with Crippen LogP contribution in [0, 0.1) is 0 Å². The monoisotopic (exact) mass is 322 g/mol. The number of benzene rings is 1. The maximum atomic E-state index is 9.52. The van der Waals surface area contributed by atoms with Gasteiger partial charge in [-0.3, -0.25) is 4.68 Å². The Kier molecular flexibility index (Phi) is 4.77. The lowest BCUT2D eigenvalue weighted by atomic mass is 10.1. The van der Waals surface area contributed by atoms with E-state index in [1.165, 1.54) is 5.56 Å². The van der Waals surface area contributed by atoms with Crippen molar-refractivity contribution in [2.75, 3.05) is 0 Å². The lowest BCUT2D eigenvalue weighted by molar-refractivity contribution is 0.279. The van der Waals surface area contributed by atoms with Crippen LogP contribution in [0.1, 0.15) is 36.4 Å². The van der Waals surface area contributed by atoms with Gasteiger partial charge in [0.2, 0.25) is 0 Å². The van der Waals surface area contributed by atoms with E-state index >= 15 is 0 Å². The maximum Gasteiger partial charge on any atom is 0.0718 e. The van der Waals surface area contributed by atoms with Gasteiger partial charge in [0.25, 0.3) is 0 Å². The third kappa shape index (κ3) is 3.07. The summed E-state index contributed by atoms with van der Waals surface area (Å²) in [6, 6.07) is 8.27. The van der Waals surface area contributed by atoms with Gasteiger partial charge in [-0.2, -0.15) is 5.10 Å². The van der Waals surface area contributed by atoms with E-state index in [9.17, 15) is 5.11 Å². The fourth-order valence-corrected chi connectivity index (χ4v) is 2.61. The predicted molar refractivity (Wildman–Crippen MR) is 80.1 cm³/mol. The van der Waals surface area contributed by atoms with Crippen LogP contribution in [-0.4, -0.2) is 14.9 Å². The second-order valence-electron chi connectivity index (χ2n) is 4.52. The van der Waals surface area contributed by atoms with Gasteiger partial charge in [-0.1, -0.05) is 41.9 Å². The number of rotatable bonds is 5. The van der Waals surface area contributed by atoms with Crippen LogP contribution in [0.2, 0.25) is 0 Å². The van der Waals surface area contributed by atoms with E-state index in [4.69, 9.17) is 0 Å². The summed E-state index contributed by atoms with van der Waals surface area (Å²) >= 11 is 3.44. The molecule has 1 aromatic heterocycles. The fraction of sp³-hybridized carbons (Fsp3) is 0.400. The Morgan fingerprint density at radius 2 is 1.84 bits per heavy atom. The SMILES string of the molecule is CCc1nn(Cc2ccc(Br)cc2)c(CC)c1CO. The van der Waals surface area contributed by atoms with E-state index in [0.717, 1.165) is 40.8 Å². The molecule has 4 heteroatoms. The maximum absolute atomic E-state index is 9.52. The number of hydrogen-bond acceptors (Lipinski definition) is 2. The van der Waals surface area contributed by atoms with E-state index in [0.29, 0.717) is 0 Å². The molecule has 1 heterocycles. The van der Waals surface area contributed by atoms with Gasteiger partial charge in [0, 0.05) is 15.7 Å². The van der Waals surface area contributed by atoms with Gasteiger partial charge in [0.05, 0.1) is 18.8 Å². The summed E-state index contributed by atoms with van der Waals surface area (Å²) in [6.45, 7) is 5.01. The van der Waals surface area contributed by atoms with Crippen molar-refractivity contribution in [1.82, 2.24) is 9.78 Å². The second kappa shape index (κ2) is 6.35. The summed E-state index contributed by atoms with van der Waals surface area (Å²) in [4.78, 5) is 0. The zero-order chi connectivity index (χ0) is 13.8. The normalized spacial score (nSPS) is 10.9. The Morgan fingerprint density at radius 1 is 1.16 bits per heavy atom. The molecule has 0 spiro atoms. The first-order valence-electron chi connectivity index (χ1n) is 6.62. The number of hydrogen-bond donors (Lipinski definition) is 1. The number of halogens is 1. The Labute approximate surface area is 122 Å². The minimum atomic E-state index is 0.0761. The van der Waals surface area contributed by atoms with E-state index in [1.807, 2.05) is 16.8 Å². The third-order valence-electron chi connectivity index (χ3n) is 3.32. The van der Waals surface area contributed by atoms with Crippen LogP contribution in [0.25, 0.3) is 0 Å². The topological polar surface area (TPSA) is 38.0 Å². The summed E-state index contributed by atoms with van der Waals surface area (Å²) < 4.78 is 3.10. The number of nitrogens with zero attached hydrogens (tertiary/aromatic N) is 2. The largest absolute Gasteiger partial charge is 0.392 e. The molecule has 2 rings (SSSR count). The number of aryl methyl sites for hydroxylation is 1. The van der Waals surface area contributed by atoms with Crippen molar-refractivity contribution in [3.8, 4) is 0 Å². The average molecular weight is 323 g/mol. The van der Waals surface area contributed by atoms with Crippen LogP contribution in [0.4, 0.5) is 0 Å². The van der Waals surface area contributed by atoms with Crippen LogP contribution in [0.3, 0.4) is 0 Å². The highest BCUT2D eigenvalue weighted by molar-refractivity contribution is 9.10. The molecule has 3 nitrogen and oxygen atoms in total. The molecule has 0 fully saturated rings. The van der Waals surface area contributed by atoms with Crippen molar-refractivity contribution in [2.24, 2.45) is 0 Å². The fourth-order valence-electron chi connectivity index (χ4n) is 2.34. The lowest BCUT2D eigenvalue weighted by Gasteiger charge is -2.07. The minimum Gasteiger partial charge on any atom is -0.392 e. The average Bonchev–Trinajstić information content (AvgIpc) is 2.78. The van der Waals surface area contributed by atoms with E-state index in [-0.39, 0.29) is 6.61 Å². The Balaban J connectivity index is 2.34. The number of aliphatic hydroxyl groups excluding tert-OH is 1. The van der Waals surface area contributed by atoms with Gasteiger partial charge in [0.15, 0.2) is 0 Å². The van der Waals surface area contributed by atoms with Crippen molar-refractivity contribution in [3.05, 3.63) is 51.3 Å². The van der Waals surface area contributed by atoms with Gasteiger partial charge < -0.3 is 5.11 Å². The Morgan fingerprint density at radius 3 is 2.37 bits per heavy atom. The van der Waals surface area contributed by atoms with Crippen molar-refractivity contribution in [1.29, 1.82) is 0 Å². The molecule has 0 bridgehead atoms. The van der Waals surface area contributed by atoms with Crippen LogP contribution in [0.5, 0.6) is 0 Å². The quantitative estimate of drug-likeness (QED) is 0.917. The highest BCUT2D eigenvalue weighted by atomic mass is 79.9. The number of aromatic nitrogens is 2. The molecule has 0 atom stereocenters. The summed E-state index contributed by atoms with van der Waals surface area (Å²) in [5.41, 5.74) is 4.37. The minimum absolute atomic E-state index is 0.0761. The van der Waals surface area contributed by atoms with Crippen LogP contribution >= 0.6 is 15.9 Å². The Bertz CT molecular complexity index is 546. The van der Waals surface area contributed by atoms with Crippen molar-refractivity contribution in [3.63, 3.8) is 0 Å². The van der Waals surface area contributed by atoms with Gasteiger partial charge in [-0.25, -0.2) is 0 Å².